The van der Waals surface area contributed by atoms with Gasteiger partial charge in [-0.3, -0.25) is 9.69 Å². The Bertz CT molecular complexity index is 897. The summed E-state index contributed by atoms with van der Waals surface area (Å²) in [5.41, 5.74) is 0. The number of imide groups is 1. The zero-order valence-electron chi connectivity index (χ0n) is 14.5. The summed E-state index contributed by atoms with van der Waals surface area (Å²) in [7, 11) is -3.79. The van der Waals surface area contributed by atoms with Gasteiger partial charge in [0.1, 0.15) is 12.4 Å². The van der Waals surface area contributed by atoms with Crippen LogP contribution in [0.1, 0.15) is 25.7 Å². The van der Waals surface area contributed by atoms with Crippen LogP contribution in [0.25, 0.3) is 0 Å². The van der Waals surface area contributed by atoms with Crippen molar-refractivity contribution >= 4 is 33.6 Å². The Balaban J connectivity index is 1.43. The van der Waals surface area contributed by atoms with Gasteiger partial charge in [0, 0.05) is 25.2 Å². The largest absolute Gasteiger partial charge is 0.327 e. The third-order valence-corrected chi connectivity index (χ3v) is 7.52. The van der Waals surface area contributed by atoms with Gasteiger partial charge in [-0.2, -0.15) is 4.31 Å². The van der Waals surface area contributed by atoms with Crippen LogP contribution >= 0.6 is 11.6 Å². The Labute approximate surface area is 161 Å². The van der Waals surface area contributed by atoms with E-state index in [0.29, 0.717) is 12.8 Å². The predicted octanol–water partition coefficient (Wildman–Crippen LogP) is 2.06. The lowest BCUT2D eigenvalue weighted by atomic mass is 10.1. The highest BCUT2D eigenvalue weighted by Crippen LogP contribution is 2.33. The van der Waals surface area contributed by atoms with E-state index in [2.05, 4.69) is 0 Å². The maximum absolute atomic E-state index is 13.3. The molecular formula is C17H19ClFN3O4S. The molecular weight excluding hydrogens is 397 g/mol. The maximum Gasteiger partial charge on any atom is 0.327 e. The van der Waals surface area contributed by atoms with E-state index in [1.165, 1.54) is 15.3 Å². The van der Waals surface area contributed by atoms with Crippen LogP contribution < -0.4 is 0 Å². The van der Waals surface area contributed by atoms with E-state index >= 15 is 0 Å². The number of urea groups is 1. The first-order valence-electron chi connectivity index (χ1n) is 8.87. The minimum Gasteiger partial charge on any atom is -0.312 e. The van der Waals surface area contributed by atoms with Crippen molar-refractivity contribution in [2.75, 3.05) is 19.6 Å². The number of amides is 3. The molecule has 0 bridgehead atoms. The highest BCUT2D eigenvalue weighted by Gasteiger charge is 2.47. The molecule has 2 heterocycles. The molecule has 3 amide bonds. The van der Waals surface area contributed by atoms with E-state index in [9.17, 15) is 22.4 Å². The molecule has 2 saturated heterocycles. The second kappa shape index (κ2) is 6.72. The van der Waals surface area contributed by atoms with Crippen LogP contribution in [0.3, 0.4) is 0 Å². The van der Waals surface area contributed by atoms with Gasteiger partial charge in [-0.05, 0) is 43.9 Å². The molecule has 146 valence electrons. The standard InChI is InChI=1S/C17H19ClFN3O4S/c18-14-9-13(3-4-15(14)19)27(25,26)20-7-5-11(6-8-20)21-10-16(23)22(17(21)24)12-1-2-12/h3-4,9,11-12H,1-2,5-8,10H2. The molecule has 10 heteroatoms. The van der Waals surface area contributed by atoms with Crippen molar-refractivity contribution in [3.05, 3.63) is 29.0 Å². The number of sulfonamides is 1. The van der Waals surface area contributed by atoms with E-state index in [1.54, 1.807) is 4.90 Å². The van der Waals surface area contributed by atoms with E-state index < -0.39 is 15.8 Å². The van der Waals surface area contributed by atoms with Gasteiger partial charge in [-0.15, -0.1) is 0 Å². The van der Waals surface area contributed by atoms with E-state index in [0.717, 1.165) is 25.0 Å². The molecule has 0 atom stereocenters. The molecule has 7 nitrogen and oxygen atoms in total. The second-order valence-corrected chi connectivity index (χ2v) is 9.46. The van der Waals surface area contributed by atoms with Crippen molar-refractivity contribution in [2.45, 2.75) is 42.7 Å². The minimum absolute atomic E-state index is 0.0405. The Morgan fingerprint density at radius 3 is 2.30 bits per heavy atom. The molecule has 1 aromatic carbocycles. The topological polar surface area (TPSA) is 78.0 Å². The van der Waals surface area contributed by atoms with Crippen molar-refractivity contribution in [1.82, 2.24) is 14.1 Å². The number of benzene rings is 1. The van der Waals surface area contributed by atoms with Crippen LogP contribution in [0, 0.1) is 5.82 Å². The third-order valence-electron chi connectivity index (χ3n) is 5.33. The molecule has 0 unspecified atom stereocenters. The monoisotopic (exact) mass is 415 g/mol. The number of carbonyl (C=O) groups is 2. The second-order valence-electron chi connectivity index (χ2n) is 7.12. The molecule has 0 radical (unpaired) electrons. The highest BCUT2D eigenvalue weighted by molar-refractivity contribution is 7.89. The summed E-state index contributed by atoms with van der Waals surface area (Å²) in [6, 6.07) is 2.96. The minimum atomic E-state index is -3.79. The number of hydrogen-bond donors (Lipinski definition) is 0. The van der Waals surface area contributed by atoms with Crippen molar-refractivity contribution < 1.29 is 22.4 Å². The summed E-state index contributed by atoms with van der Waals surface area (Å²) in [5, 5.41) is -0.243. The molecule has 1 aromatic rings. The van der Waals surface area contributed by atoms with Gasteiger partial charge < -0.3 is 4.90 Å². The third kappa shape index (κ3) is 3.32. The van der Waals surface area contributed by atoms with Gasteiger partial charge in [0.25, 0.3) is 5.91 Å². The van der Waals surface area contributed by atoms with Crippen LogP contribution in [0.2, 0.25) is 5.02 Å². The van der Waals surface area contributed by atoms with Crippen LogP contribution in [-0.2, 0) is 14.8 Å². The molecule has 3 aliphatic rings. The summed E-state index contributed by atoms with van der Waals surface area (Å²) < 4.78 is 40.1. The van der Waals surface area contributed by atoms with Gasteiger partial charge in [-0.1, -0.05) is 11.6 Å². The molecule has 0 N–H and O–H groups in total. The average molecular weight is 416 g/mol. The number of rotatable bonds is 4. The van der Waals surface area contributed by atoms with Gasteiger partial charge in [0.15, 0.2) is 0 Å². The van der Waals surface area contributed by atoms with Gasteiger partial charge in [0.05, 0.1) is 9.92 Å². The summed E-state index contributed by atoms with van der Waals surface area (Å²) in [4.78, 5) is 27.5. The molecule has 4 rings (SSSR count). The number of carbonyl (C=O) groups excluding carboxylic acids is 2. The smallest absolute Gasteiger partial charge is 0.312 e. The average Bonchev–Trinajstić information content (AvgIpc) is 3.42. The van der Waals surface area contributed by atoms with Crippen LogP contribution in [0.15, 0.2) is 23.1 Å². The van der Waals surface area contributed by atoms with Crippen LogP contribution in [0.4, 0.5) is 9.18 Å². The fourth-order valence-electron chi connectivity index (χ4n) is 3.69. The molecule has 0 aromatic heterocycles. The lowest BCUT2D eigenvalue weighted by Gasteiger charge is -2.35. The molecule has 27 heavy (non-hydrogen) atoms. The summed E-state index contributed by atoms with van der Waals surface area (Å²) in [5.74, 6) is -0.842. The molecule has 3 fully saturated rings. The number of hydrogen-bond acceptors (Lipinski definition) is 4. The SMILES string of the molecule is O=C1CN(C2CCN(S(=O)(=O)c3ccc(F)c(Cl)c3)CC2)C(=O)N1C1CC1. The van der Waals surface area contributed by atoms with Crippen molar-refractivity contribution in [3.8, 4) is 0 Å². The van der Waals surface area contributed by atoms with Crippen molar-refractivity contribution in [3.63, 3.8) is 0 Å². The lowest BCUT2D eigenvalue weighted by Crippen LogP contribution is -2.48. The van der Waals surface area contributed by atoms with E-state index in [4.69, 9.17) is 11.6 Å². The fraction of sp³-hybridized carbons (Fsp3) is 0.529. The molecule has 1 saturated carbocycles. The summed E-state index contributed by atoms with van der Waals surface area (Å²) in [6.45, 7) is 0.521. The first-order valence-corrected chi connectivity index (χ1v) is 10.7. The van der Waals surface area contributed by atoms with Crippen molar-refractivity contribution in [1.29, 1.82) is 0 Å². The predicted molar refractivity (Wildman–Crippen MR) is 95.2 cm³/mol. The summed E-state index contributed by atoms with van der Waals surface area (Å²) in [6.07, 6.45) is 2.63. The first kappa shape index (κ1) is 18.6. The molecule has 2 aliphatic heterocycles. The summed E-state index contributed by atoms with van der Waals surface area (Å²) >= 11 is 5.70. The number of nitrogens with zero attached hydrogens (tertiary/aromatic N) is 3. The van der Waals surface area contributed by atoms with Crippen LogP contribution in [0.5, 0.6) is 0 Å². The van der Waals surface area contributed by atoms with Crippen LogP contribution in [-0.4, -0.2) is 66.2 Å². The van der Waals surface area contributed by atoms with Gasteiger partial charge in [0.2, 0.25) is 10.0 Å². The van der Waals surface area contributed by atoms with Gasteiger partial charge >= 0.3 is 6.03 Å². The molecule has 1 aliphatic carbocycles. The van der Waals surface area contributed by atoms with E-state index in [1.807, 2.05) is 0 Å². The molecule has 0 spiro atoms. The quantitative estimate of drug-likeness (QED) is 0.705. The Hall–Kier alpha value is -1.71. The fourth-order valence-corrected chi connectivity index (χ4v) is 5.43. The highest BCUT2D eigenvalue weighted by atomic mass is 35.5. The zero-order valence-corrected chi connectivity index (χ0v) is 16.0. The van der Waals surface area contributed by atoms with E-state index in [-0.39, 0.29) is 53.6 Å². The normalized spacial score (nSPS) is 22.7. The Morgan fingerprint density at radius 2 is 1.70 bits per heavy atom. The number of piperidine rings is 1. The maximum atomic E-state index is 13.3. The Morgan fingerprint density at radius 1 is 1.04 bits per heavy atom. The Kier molecular flexibility index (Phi) is 4.64. The first-order chi connectivity index (χ1) is 12.8. The van der Waals surface area contributed by atoms with Crippen molar-refractivity contribution in [2.24, 2.45) is 0 Å². The van der Waals surface area contributed by atoms with Gasteiger partial charge in [-0.25, -0.2) is 17.6 Å². The lowest BCUT2D eigenvalue weighted by molar-refractivity contribution is -0.125. The zero-order chi connectivity index (χ0) is 19.3. The number of halogens is 2.